The van der Waals surface area contributed by atoms with Gasteiger partial charge in [-0.15, -0.1) is 11.3 Å². The number of aromatic carboxylic acids is 1. The first-order valence-corrected chi connectivity index (χ1v) is 25.0. The molecule has 0 aliphatic carbocycles. The summed E-state index contributed by atoms with van der Waals surface area (Å²) in [5, 5.41) is 27.6. The zero-order chi connectivity index (χ0) is 48.7. The number of imide groups is 1. The number of carbonyl (C=O) groups excluding carboxylic acids is 3. The summed E-state index contributed by atoms with van der Waals surface area (Å²) in [6.45, 7) is 4.35. The molecule has 4 amide bonds. The minimum absolute atomic E-state index is 0.00157. The Morgan fingerprint density at radius 1 is 0.912 bits per heavy atom. The molecule has 5 heterocycles. The third kappa shape index (κ3) is 10.3. The molecule has 5 N–H and O–H groups in total. The van der Waals surface area contributed by atoms with Gasteiger partial charge in [-0.1, -0.05) is 41.9 Å². The van der Waals surface area contributed by atoms with Crippen molar-refractivity contribution in [3.63, 3.8) is 0 Å². The van der Waals surface area contributed by atoms with E-state index in [1.807, 2.05) is 38.1 Å². The van der Waals surface area contributed by atoms with Crippen molar-refractivity contribution in [1.82, 2.24) is 23.7 Å². The molecule has 3 fully saturated rings. The van der Waals surface area contributed by atoms with Crippen molar-refractivity contribution in [2.45, 2.75) is 82.2 Å². The van der Waals surface area contributed by atoms with Crippen LogP contribution in [0.25, 0.3) is 21.5 Å². The number of ether oxygens (including phenoxy) is 1. The van der Waals surface area contributed by atoms with Crippen molar-refractivity contribution in [2.75, 3.05) is 36.9 Å². The summed E-state index contributed by atoms with van der Waals surface area (Å²) in [6, 6.07) is 18.7. The Balaban J connectivity index is 0.839. The molecule has 3 aliphatic heterocycles. The Kier molecular flexibility index (Phi) is 13.8. The fourth-order valence-electron chi connectivity index (χ4n) is 9.66. The number of aliphatic carboxylic acids is 1. The van der Waals surface area contributed by atoms with E-state index in [1.165, 1.54) is 13.4 Å². The summed E-state index contributed by atoms with van der Waals surface area (Å²) >= 11 is 7.40. The number of aromatic nitrogens is 2. The van der Waals surface area contributed by atoms with Crippen LogP contribution in [0, 0.1) is 5.92 Å². The number of rotatable bonds is 14. The number of carbonyl (C=O) groups is 5. The molecule has 0 bridgehead atoms. The third-order valence-electron chi connectivity index (χ3n) is 12.9. The number of hydrogen-bond donors (Lipinski definition) is 5. The average molecular weight is 991 g/mol. The number of imidazole rings is 1. The molecule has 0 radical (unpaired) electrons. The van der Waals surface area contributed by atoms with Crippen LogP contribution in [-0.4, -0.2) is 105 Å². The number of fused-ring (bicyclic) bond motifs is 1. The molecule has 5 aromatic rings. The minimum atomic E-state index is -3.80. The largest absolute Gasteiger partial charge is 0.479 e. The van der Waals surface area contributed by atoms with E-state index in [0.717, 1.165) is 36.2 Å². The monoisotopic (exact) mass is 989 g/mol. The van der Waals surface area contributed by atoms with E-state index in [1.54, 1.807) is 54.4 Å². The predicted molar refractivity (Wildman–Crippen MR) is 257 cm³/mol. The van der Waals surface area contributed by atoms with Crippen LogP contribution in [0.3, 0.4) is 0 Å². The van der Waals surface area contributed by atoms with E-state index < -0.39 is 46.1 Å². The second-order valence-electron chi connectivity index (χ2n) is 18.2. The maximum Gasteiger partial charge on any atom is 0.349 e. The molecule has 8 rings (SSSR count). The van der Waals surface area contributed by atoms with Crippen LogP contribution in [0.1, 0.15) is 79.2 Å². The van der Waals surface area contributed by atoms with Gasteiger partial charge in [0, 0.05) is 56.1 Å². The van der Waals surface area contributed by atoms with Gasteiger partial charge in [-0.05, 0) is 111 Å². The summed E-state index contributed by atoms with van der Waals surface area (Å²) in [6.07, 6.45) is 3.70. The topological polar surface area (TPSA) is 239 Å². The number of thiophene rings is 1. The molecule has 2 aromatic heterocycles. The lowest BCUT2D eigenvalue weighted by atomic mass is 9.89. The van der Waals surface area contributed by atoms with Crippen molar-refractivity contribution in [2.24, 2.45) is 13.0 Å². The molecule has 0 spiro atoms. The number of halogens is 1. The van der Waals surface area contributed by atoms with Crippen molar-refractivity contribution in [3.05, 3.63) is 98.2 Å². The highest BCUT2D eigenvalue weighted by Crippen LogP contribution is 2.46. The maximum absolute atomic E-state index is 14.0. The number of carboxylic acid groups (broad SMARTS) is 2. The normalized spacial score (nSPS) is 19.1. The van der Waals surface area contributed by atoms with Crippen molar-refractivity contribution in [1.29, 1.82) is 0 Å². The number of carboxylic acids is 2. The highest BCUT2D eigenvalue weighted by atomic mass is 35.5. The summed E-state index contributed by atoms with van der Waals surface area (Å²) < 4.78 is 37.8. The van der Waals surface area contributed by atoms with Crippen LogP contribution in [0.5, 0.6) is 5.75 Å². The van der Waals surface area contributed by atoms with Gasteiger partial charge in [-0.2, -0.15) is 4.31 Å². The van der Waals surface area contributed by atoms with Crippen LogP contribution >= 0.6 is 22.9 Å². The number of likely N-dealkylation sites (tertiary alicyclic amines) is 1. The molecule has 360 valence electrons. The van der Waals surface area contributed by atoms with Gasteiger partial charge in [-0.3, -0.25) is 24.0 Å². The quantitative estimate of drug-likeness (QED) is 0.0747. The van der Waals surface area contributed by atoms with Gasteiger partial charge in [0.15, 0.2) is 17.2 Å². The summed E-state index contributed by atoms with van der Waals surface area (Å²) in [7, 11) is -2.13. The molecule has 0 saturated carbocycles. The lowest BCUT2D eigenvalue weighted by molar-refractivity contribution is -0.139. The number of nitrogens with one attached hydrogen (secondary N) is 3. The Labute approximate surface area is 400 Å². The fourth-order valence-corrected chi connectivity index (χ4v) is 13.0. The number of piperidine rings is 3. The van der Waals surface area contributed by atoms with Gasteiger partial charge >= 0.3 is 23.7 Å². The molecule has 3 saturated heterocycles. The third-order valence-corrected chi connectivity index (χ3v) is 16.6. The van der Waals surface area contributed by atoms with E-state index >= 15 is 0 Å². The van der Waals surface area contributed by atoms with Crippen LogP contribution in [0.15, 0.2) is 71.5 Å². The van der Waals surface area contributed by atoms with E-state index in [-0.39, 0.29) is 64.5 Å². The summed E-state index contributed by atoms with van der Waals surface area (Å²) in [5.74, 6) is -3.56. The number of aryl methyl sites for hydroxylation is 1. The molecular formula is C47H52ClN7O11S2. The maximum atomic E-state index is 14.0. The van der Waals surface area contributed by atoms with Crippen molar-refractivity contribution >= 4 is 85.2 Å². The van der Waals surface area contributed by atoms with Gasteiger partial charge in [0.2, 0.25) is 21.8 Å². The molecule has 21 heteroatoms. The highest BCUT2D eigenvalue weighted by Gasteiger charge is 2.42. The SMILES string of the molecule is Cn1c(=O)n(C2CCC(=O)NC2=O)c2ccc(CC3CCN(C(=O)Nc4cccc(CS(=O)(=O)N5CC[C@H](Nc6cccc(-c7sc(C(=O)O)c(OCC(=O)O)c7Cl)c6)CC5(C)C)c4)CC3)cc21. The fraction of sp³-hybridized carbons (Fsp3) is 0.404. The smallest absolute Gasteiger partial charge is 0.349 e. The number of hydrogen-bond acceptors (Lipinski definition) is 11. The first-order chi connectivity index (χ1) is 32.3. The number of benzene rings is 3. The number of anilines is 2. The standard InChI is InChI=1S/C47H52ClN7O11S2/c1-47(2)24-33(49-32-9-5-7-30(23-32)41-39(48)40(66-25-38(57)58)42(67-41)44(60)61)16-19-54(47)68(64,65)26-29-6-4-8-31(21-29)50-45(62)53-17-14-27(15-18-53)20-28-10-11-34-36(22-28)52(3)46(63)55(34)35-12-13-37(56)51-43(35)59/h4-11,21-23,27,33,35,49H,12-20,24-26H2,1-3H3,(H,50,62)(H,57,58)(H,60,61)(H,51,56,59)/t33-,35?/m0/s1. The van der Waals surface area contributed by atoms with Crippen molar-refractivity contribution in [3.8, 4) is 16.2 Å². The average Bonchev–Trinajstić information content (AvgIpc) is 3.74. The molecule has 3 aliphatic rings. The Morgan fingerprint density at radius 3 is 2.35 bits per heavy atom. The lowest BCUT2D eigenvalue weighted by Gasteiger charge is -2.45. The van der Waals surface area contributed by atoms with E-state index in [0.29, 0.717) is 70.3 Å². The van der Waals surface area contributed by atoms with Gasteiger partial charge in [-0.25, -0.2) is 27.6 Å². The first kappa shape index (κ1) is 48.2. The Morgan fingerprint density at radius 2 is 1.65 bits per heavy atom. The van der Waals surface area contributed by atoms with Crippen molar-refractivity contribution < 1.29 is 47.3 Å². The van der Waals surface area contributed by atoms with E-state index in [2.05, 4.69) is 16.0 Å². The lowest BCUT2D eigenvalue weighted by Crippen LogP contribution is -2.55. The molecule has 18 nitrogen and oxygen atoms in total. The summed E-state index contributed by atoms with van der Waals surface area (Å²) in [4.78, 5) is 75.9. The number of sulfonamides is 1. The van der Waals surface area contributed by atoms with Gasteiger partial charge < -0.3 is 30.5 Å². The predicted octanol–water partition coefficient (Wildman–Crippen LogP) is 6.53. The minimum Gasteiger partial charge on any atom is -0.479 e. The number of nitrogens with zero attached hydrogens (tertiary/aromatic N) is 4. The summed E-state index contributed by atoms with van der Waals surface area (Å²) in [5.41, 5.74) is 3.64. The van der Waals surface area contributed by atoms with E-state index in [4.69, 9.17) is 21.4 Å². The highest BCUT2D eigenvalue weighted by molar-refractivity contribution is 7.88. The number of urea groups is 1. The Bertz CT molecular complexity index is 2990. The second kappa shape index (κ2) is 19.4. The molecule has 3 aromatic carbocycles. The molecule has 1 unspecified atom stereocenters. The van der Waals surface area contributed by atoms with Crippen LogP contribution in [0.2, 0.25) is 5.02 Å². The zero-order valence-electron chi connectivity index (χ0n) is 37.6. The molecular weight excluding hydrogens is 938 g/mol. The Hall–Kier alpha value is -6.22. The molecule has 2 atom stereocenters. The number of amides is 4. The van der Waals surface area contributed by atoms with Gasteiger partial charge in [0.25, 0.3) is 0 Å². The zero-order valence-corrected chi connectivity index (χ0v) is 40.0. The van der Waals surface area contributed by atoms with Gasteiger partial charge in [0.05, 0.1) is 21.7 Å². The van der Waals surface area contributed by atoms with E-state index in [9.17, 15) is 42.3 Å². The van der Waals surface area contributed by atoms with Crippen LogP contribution in [0.4, 0.5) is 16.2 Å². The van der Waals surface area contributed by atoms with Crippen LogP contribution < -0.4 is 26.4 Å². The van der Waals surface area contributed by atoms with Crippen LogP contribution in [-0.2, 0) is 43.6 Å². The van der Waals surface area contributed by atoms with Gasteiger partial charge in [0.1, 0.15) is 11.1 Å². The molecule has 68 heavy (non-hydrogen) atoms. The second-order valence-corrected chi connectivity index (χ2v) is 21.5. The first-order valence-electron chi connectivity index (χ1n) is 22.2.